The number of benzene rings is 2. The quantitative estimate of drug-likeness (QED) is 0.790. The third-order valence-corrected chi connectivity index (χ3v) is 7.76. The van der Waals surface area contributed by atoms with Crippen molar-refractivity contribution in [1.82, 2.24) is 9.62 Å². The number of fused-ring (bicyclic) bond motifs is 1. The lowest BCUT2D eigenvalue weighted by Gasteiger charge is -2.26. The van der Waals surface area contributed by atoms with E-state index in [9.17, 15) is 8.42 Å². The van der Waals surface area contributed by atoms with Gasteiger partial charge in [-0.3, -0.25) is 4.90 Å². The molecule has 0 amide bonds. The first-order chi connectivity index (χ1) is 13.9. The summed E-state index contributed by atoms with van der Waals surface area (Å²) in [4.78, 5) is 2.43. The molecule has 1 aliphatic carbocycles. The van der Waals surface area contributed by atoms with Crippen molar-refractivity contribution in [2.75, 3.05) is 26.3 Å². The largest absolute Gasteiger partial charge is 0.379 e. The van der Waals surface area contributed by atoms with Gasteiger partial charge in [-0.2, -0.15) is 0 Å². The van der Waals surface area contributed by atoms with Gasteiger partial charge in [0.1, 0.15) is 0 Å². The van der Waals surface area contributed by atoms with Crippen molar-refractivity contribution in [1.29, 1.82) is 0 Å². The summed E-state index contributed by atoms with van der Waals surface area (Å²) < 4.78 is 32.7. The Balaban J connectivity index is 1.48. The summed E-state index contributed by atoms with van der Waals surface area (Å²) in [6, 6.07) is 15.2. The first-order valence-electron chi connectivity index (χ1n) is 10.4. The molecular formula is C23H30N2O3S. The summed E-state index contributed by atoms with van der Waals surface area (Å²) in [6.45, 7) is 7.96. The molecule has 1 N–H and O–H groups in total. The average molecular weight is 415 g/mol. The second-order valence-corrected chi connectivity index (χ2v) is 10.7. The van der Waals surface area contributed by atoms with E-state index < -0.39 is 15.3 Å². The molecule has 2 aromatic rings. The summed E-state index contributed by atoms with van der Waals surface area (Å²) in [5, 5.41) is -0.407. The van der Waals surface area contributed by atoms with E-state index in [1.54, 1.807) is 13.8 Å². The molecule has 5 nitrogen and oxygen atoms in total. The molecule has 0 spiro atoms. The van der Waals surface area contributed by atoms with Gasteiger partial charge >= 0.3 is 0 Å². The third kappa shape index (κ3) is 4.89. The molecule has 1 aliphatic heterocycles. The SMILES string of the molecule is CC(C)S(=O)(=O)NC1Cc2ccc(-c3cccc(CN4CCOCC4)c3)cc2C1. The lowest BCUT2D eigenvalue weighted by atomic mass is 9.99. The highest BCUT2D eigenvalue weighted by atomic mass is 32.2. The molecule has 4 rings (SSSR count). The Morgan fingerprint density at radius 1 is 1.03 bits per heavy atom. The maximum Gasteiger partial charge on any atom is 0.214 e. The number of ether oxygens (including phenoxy) is 1. The minimum Gasteiger partial charge on any atom is -0.379 e. The number of nitrogens with one attached hydrogen (secondary N) is 1. The topological polar surface area (TPSA) is 58.6 Å². The zero-order valence-electron chi connectivity index (χ0n) is 17.2. The molecule has 1 saturated heterocycles. The minimum absolute atomic E-state index is 0.0414. The van der Waals surface area contributed by atoms with Gasteiger partial charge in [-0.25, -0.2) is 13.1 Å². The molecule has 2 aromatic carbocycles. The van der Waals surface area contributed by atoms with Crippen molar-refractivity contribution in [3.63, 3.8) is 0 Å². The van der Waals surface area contributed by atoms with Gasteiger partial charge in [-0.15, -0.1) is 0 Å². The van der Waals surface area contributed by atoms with Gasteiger partial charge in [0.05, 0.1) is 18.5 Å². The van der Waals surface area contributed by atoms with E-state index in [1.807, 2.05) is 0 Å². The zero-order valence-corrected chi connectivity index (χ0v) is 18.0. The monoisotopic (exact) mass is 414 g/mol. The average Bonchev–Trinajstić information content (AvgIpc) is 3.09. The molecule has 1 fully saturated rings. The summed E-state index contributed by atoms with van der Waals surface area (Å²) in [5.41, 5.74) is 6.21. The van der Waals surface area contributed by atoms with Crippen LogP contribution in [0.3, 0.4) is 0 Å². The first kappa shape index (κ1) is 20.5. The van der Waals surface area contributed by atoms with Gasteiger partial charge in [0.2, 0.25) is 10.0 Å². The molecule has 1 atom stereocenters. The van der Waals surface area contributed by atoms with E-state index >= 15 is 0 Å². The predicted molar refractivity (Wildman–Crippen MR) is 116 cm³/mol. The molecule has 0 bridgehead atoms. The van der Waals surface area contributed by atoms with Gasteiger partial charge < -0.3 is 4.74 Å². The number of morpholine rings is 1. The van der Waals surface area contributed by atoms with Crippen LogP contribution in [-0.4, -0.2) is 50.9 Å². The fourth-order valence-corrected chi connectivity index (χ4v) is 5.02. The third-order valence-electron chi connectivity index (χ3n) is 5.86. The van der Waals surface area contributed by atoms with E-state index in [1.165, 1.54) is 27.8 Å². The molecular weight excluding hydrogens is 384 g/mol. The Hall–Kier alpha value is -1.73. The summed E-state index contributed by atoms with van der Waals surface area (Å²) >= 11 is 0. The van der Waals surface area contributed by atoms with Gasteiger partial charge in [0.25, 0.3) is 0 Å². The molecule has 0 aromatic heterocycles. The Kier molecular flexibility index (Phi) is 6.06. The van der Waals surface area contributed by atoms with Crippen LogP contribution in [0.5, 0.6) is 0 Å². The second kappa shape index (κ2) is 8.56. The molecule has 156 valence electrons. The van der Waals surface area contributed by atoms with Crippen LogP contribution >= 0.6 is 0 Å². The fraction of sp³-hybridized carbons (Fsp3) is 0.478. The van der Waals surface area contributed by atoms with Crippen LogP contribution in [0.15, 0.2) is 42.5 Å². The fourth-order valence-electron chi connectivity index (χ4n) is 4.12. The van der Waals surface area contributed by atoms with E-state index in [0.29, 0.717) is 0 Å². The highest BCUT2D eigenvalue weighted by Gasteiger charge is 2.27. The highest BCUT2D eigenvalue weighted by Crippen LogP contribution is 2.29. The summed E-state index contributed by atoms with van der Waals surface area (Å²) in [6.07, 6.45) is 1.52. The number of hydrogen-bond donors (Lipinski definition) is 1. The van der Waals surface area contributed by atoms with Crippen molar-refractivity contribution in [3.8, 4) is 11.1 Å². The predicted octanol–water partition coefficient (Wildman–Crippen LogP) is 2.98. The molecule has 2 aliphatic rings. The van der Waals surface area contributed by atoms with Gasteiger partial charge in [-0.05, 0) is 60.6 Å². The minimum atomic E-state index is -3.24. The molecule has 0 radical (unpaired) electrons. The molecule has 0 saturated carbocycles. The maximum absolute atomic E-state index is 12.2. The normalized spacial score (nSPS) is 20.2. The van der Waals surface area contributed by atoms with E-state index in [2.05, 4.69) is 52.1 Å². The molecule has 1 heterocycles. The molecule has 1 unspecified atom stereocenters. The van der Waals surface area contributed by atoms with Crippen molar-refractivity contribution in [3.05, 3.63) is 59.2 Å². The van der Waals surface area contributed by atoms with Crippen LogP contribution in [0.4, 0.5) is 0 Å². The van der Waals surface area contributed by atoms with Gasteiger partial charge in [0.15, 0.2) is 0 Å². The van der Waals surface area contributed by atoms with Crippen molar-refractivity contribution < 1.29 is 13.2 Å². The second-order valence-electron chi connectivity index (χ2n) is 8.39. The molecule has 29 heavy (non-hydrogen) atoms. The van der Waals surface area contributed by atoms with Crippen molar-refractivity contribution >= 4 is 10.0 Å². The van der Waals surface area contributed by atoms with E-state index in [4.69, 9.17) is 4.74 Å². The van der Waals surface area contributed by atoms with Crippen LogP contribution in [-0.2, 0) is 34.1 Å². The van der Waals surface area contributed by atoms with Gasteiger partial charge in [-0.1, -0.05) is 36.4 Å². The van der Waals surface area contributed by atoms with E-state index in [-0.39, 0.29) is 6.04 Å². The number of rotatable bonds is 6. The zero-order chi connectivity index (χ0) is 20.4. The van der Waals surface area contributed by atoms with Gasteiger partial charge in [0, 0.05) is 25.7 Å². The van der Waals surface area contributed by atoms with Crippen molar-refractivity contribution in [2.45, 2.75) is 44.5 Å². The Labute approximate surface area is 174 Å². The molecule has 6 heteroatoms. The lowest BCUT2D eigenvalue weighted by Crippen LogP contribution is -2.39. The highest BCUT2D eigenvalue weighted by molar-refractivity contribution is 7.90. The van der Waals surface area contributed by atoms with Crippen LogP contribution < -0.4 is 4.72 Å². The summed E-state index contributed by atoms with van der Waals surface area (Å²) in [5.74, 6) is 0. The first-order valence-corrected chi connectivity index (χ1v) is 12.0. The number of nitrogens with zero attached hydrogens (tertiary/aromatic N) is 1. The standard InChI is InChI=1S/C23H30N2O3S/c1-17(2)29(26,27)24-23-14-21-7-6-20(13-22(21)15-23)19-5-3-4-18(12-19)16-25-8-10-28-11-9-25/h3-7,12-13,17,23-24H,8-11,14-16H2,1-2H3. The number of hydrogen-bond acceptors (Lipinski definition) is 4. The van der Waals surface area contributed by atoms with Crippen LogP contribution in [0.25, 0.3) is 11.1 Å². The smallest absolute Gasteiger partial charge is 0.214 e. The lowest BCUT2D eigenvalue weighted by molar-refractivity contribution is 0.0342. The van der Waals surface area contributed by atoms with E-state index in [0.717, 1.165) is 45.7 Å². The van der Waals surface area contributed by atoms with Crippen LogP contribution in [0, 0.1) is 0 Å². The Morgan fingerprint density at radius 3 is 2.52 bits per heavy atom. The van der Waals surface area contributed by atoms with Crippen molar-refractivity contribution in [2.24, 2.45) is 0 Å². The summed E-state index contributed by atoms with van der Waals surface area (Å²) in [7, 11) is -3.24. The number of sulfonamides is 1. The van der Waals surface area contributed by atoms with Crippen LogP contribution in [0.2, 0.25) is 0 Å². The Bertz CT molecular complexity index is 966. The van der Waals surface area contributed by atoms with Crippen LogP contribution in [0.1, 0.15) is 30.5 Å². The maximum atomic E-state index is 12.2. The Morgan fingerprint density at radius 2 is 1.76 bits per heavy atom.